The Hall–Kier alpha value is -0.590. The summed E-state index contributed by atoms with van der Waals surface area (Å²) in [7, 11) is 0. The zero-order chi connectivity index (χ0) is 9.14. The summed E-state index contributed by atoms with van der Waals surface area (Å²) in [6.07, 6.45) is 5.26. The molecular formula is C11H18O. The predicted molar refractivity (Wildman–Crippen MR) is 50.9 cm³/mol. The van der Waals surface area contributed by atoms with Crippen molar-refractivity contribution in [3.05, 3.63) is 11.6 Å². The molecule has 0 heterocycles. The van der Waals surface area contributed by atoms with E-state index in [1.165, 1.54) is 5.57 Å². The van der Waals surface area contributed by atoms with Gasteiger partial charge in [-0.3, -0.25) is 0 Å². The Morgan fingerprint density at radius 2 is 2.25 bits per heavy atom. The second-order valence-electron chi connectivity index (χ2n) is 4.02. The molecule has 68 valence electrons. The molecule has 0 aliphatic heterocycles. The van der Waals surface area contributed by atoms with E-state index in [4.69, 9.17) is 0 Å². The van der Waals surface area contributed by atoms with Crippen LogP contribution in [0.4, 0.5) is 0 Å². The lowest BCUT2D eigenvalue weighted by atomic mass is 9.72. The first-order valence-corrected chi connectivity index (χ1v) is 4.77. The summed E-state index contributed by atoms with van der Waals surface area (Å²) in [4.78, 5) is 10.5. The number of rotatable bonds is 2. The van der Waals surface area contributed by atoms with Gasteiger partial charge in [-0.15, -0.1) is 0 Å². The Balaban J connectivity index is 2.70. The van der Waals surface area contributed by atoms with Gasteiger partial charge in [-0.1, -0.05) is 25.5 Å². The molecule has 0 aromatic rings. The van der Waals surface area contributed by atoms with Crippen LogP contribution in [-0.4, -0.2) is 6.29 Å². The van der Waals surface area contributed by atoms with Crippen LogP contribution in [0.1, 0.15) is 33.6 Å². The van der Waals surface area contributed by atoms with Gasteiger partial charge >= 0.3 is 0 Å². The summed E-state index contributed by atoms with van der Waals surface area (Å²) in [5.74, 6) is 1.85. The van der Waals surface area contributed by atoms with E-state index in [9.17, 15) is 4.79 Å². The fourth-order valence-corrected chi connectivity index (χ4v) is 2.11. The van der Waals surface area contributed by atoms with E-state index < -0.39 is 0 Å². The van der Waals surface area contributed by atoms with Gasteiger partial charge in [0.15, 0.2) is 0 Å². The maximum Gasteiger partial charge on any atom is 0.120 e. The summed E-state index contributed by atoms with van der Waals surface area (Å²) >= 11 is 0. The second kappa shape index (κ2) is 3.88. The van der Waals surface area contributed by atoms with Crippen molar-refractivity contribution in [1.29, 1.82) is 0 Å². The van der Waals surface area contributed by atoms with Gasteiger partial charge in [-0.2, -0.15) is 0 Å². The molecular weight excluding hydrogens is 148 g/mol. The number of carbonyl (C=O) groups is 1. The summed E-state index contributed by atoms with van der Waals surface area (Å²) in [6, 6.07) is 0. The van der Waals surface area contributed by atoms with Crippen molar-refractivity contribution in [2.24, 2.45) is 17.8 Å². The van der Waals surface area contributed by atoms with Crippen molar-refractivity contribution in [2.45, 2.75) is 33.6 Å². The van der Waals surface area contributed by atoms with E-state index >= 15 is 0 Å². The van der Waals surface area contributed by atoms with Crippen LogP contribution in [-0.2, 0) is 4.79 Å². The van der Waals surface area contributed by atoms with Crippen molar-refractivity contribution in [2.75, 3.05) is 0 Å². The molecule has 0 spiro atoms. The Morgan fingerprint density at radius 3 is 2.83 bits per heavy atom. The fourth-order valence-electron chi connectivity index (χ4n) is 2.11. The normalized spacial score (nSPS) is 35.9. The van der Waals surface area contributed by atoms with Crippen molar-refractivity contribution in [3.63, 3.8) is 0 Å². The van der Waals surface area contributed by atoms with E-state index in [-0.39, 0.29) is 0 Å². The topological polar surface area (TPSA) is 17.1 Å². The highest BCUT2D eigenvalue weighted by Crippen LogP contribution is 2.35. The smallest absolute Gasteiger partial charge is 0.120 e. The van der Waals surface area contributed by atoms with Crippen LogP contribution in [0, 0.1) is 17.8 Å². The molecule has 0 fully saturated rings. The highest BCUT2D eigenvalue weighted by Gasteiger charge is 2.26. The van der Waals surface area contributed by atoms with Gasteiger partial charge in [0.2, 0.25) is 0 Å². The number of hydrogen-bond donors (Lipinski definition) is 0. The third kappa shape index (κ3) is 1.77. The van der Waals surface area contributed by atoms with Crippen LogP contribution in [0.2, 0.25) is 0 Å². The van der Waals surface area contributed by atoms with Gasteiger partial charge in [0.05, 0.1) is 0 Å². The standard InChI is InChI=1S/C11H18O/c1-8-4-5-9(2)11(6-7-12)10(8)3/h4,7,9-11H,5-6H2,1-3H3. The number of aldehydes is 1. The first kappa shape index (κ1) is 9.50. The summed E-state index contributed by atoms with van der Waals surface area (Å²) in [5, 5.41) is 0. The van der Waals surface area contributed by atoms with Gasteiger partial charge in [0, 0.05) is 6.42 Å². The first-order chi connectivity index (χ1) is 5.66. The van der Waals surface area contributed by atoms with Gasteiger partial charge in [0.25, 0.3) is 0 Å². The molecule has 0 amide bonds. The molecule has 0 aromatic carbocycles. The van der Waals surface area contributed by atoms with Gasteiger partial charge in [-0.25, -0.2) is 0 Å². The molecule has 1 aliphatic carbocycles. The largest absolute Gasteiger partial charge is 0.303 e. The van der Waals surface area contributed by atoms with Crippen LogP contribution in [0.15, 0.2) is 11.6 Å². The Kier molecular flexibility index (Phi) is 3.07. The quantitative estimate of drug-likeness (QED) is 0.455. The van der Waals surface area contributed by atoms with Crippen LogP contribution in [0.3, 0.4) is 0 Å². The minimum atomic E-state index is 0.576. The van der Waals surface area contributed by atoms with Crippen molar-refractivity contribution in [3.8, 4) is 0 Å². The molecule has 0 radical (unpaired) electrons. The maximum absolute atomic E-state index is 10.5. The number of hydrogen-bond acceptors (Lipinski definition) is 1. The highest BCUT2D eigenvalue weighted by atomic mass is 16.1. The molecule has 0 saturated carbocycles. The highest BCUT2D eigenvalue weighted by molar-refractivity contribution is 5.50. The molecule has 3 atom stereocenters. The third-order valence-electron chi connectivity index (χ3n) is 3.27. The Bertz CT molecular complexity index is 193. The van der Waals surface area contributed by atoms with Crippen LogP contribution in [0.5, 0.6) is 0 Å². The van der Waals surface area contributed by atoms with Crippen molar-refractivity contribution in [1.82, 2.24) is 0 Å². The van der Waals surface area contributed by atoms with Crippen LogP contribution in [0.25, 0.3) is 0 Å². The Morgan fingerprint density at radius 1 is 1.58 bits per heavy atom. The van der Waals surface area contributed by atoms with Crippen molar-refractivity contribution >= 4 is 6.29 Å². The van der Waals surface area contributed by atoms with Crippen molar-refractivity contribution < 1.29 is 4.79 Å². The SMILES string of the molecule is CC1=CCC(C)C(CC=O)C1C. The molecule has 12 heavy (non-hydrogen) atoms. The number of allylic oxidation sites excluding steroid dienone is 2. The summed E-state index contributed by atoms with van der Waals surface area (Å²) in [5.41, 5.74) is 1.46. The lowest BCUT2D eigenvalue weighted by molar-refractivity contribution is -0.109. The van der Waals surface area contributed by atoms with E-state index in [1.807, 2.05) is 0 Å². The second-order valence-corrected chi connectivity index (χ2v) is 4.02. The minimum absolute atomic E-state index is 0.576. The summed E-state index contributed by atoms with van der Waals surface area (Å²) < 4.78 is 0. The van der Waals surface area contributed by atoms with Gasteiger partial charge in [-0.05, 0) is 31.1 Å². The molecule has 1 nitrogen and oxygen atoms in total. The van der Waals surface area contributed by atoms with E-state index in [2.05, 4.69) is 26.8 Å². The predicted octanol–water partition coefficient (Wildman–Crippen LogP) is 2.81. The van der Waals surface area contributed by atoms with E-state index in [0.717, 1.165) is 19.1 Å². The molecule has 0 N–H and O–H groups in total. The molecule has 0 bridgehead atoms. The minimum Gasteiger partial charge on any atom is -0.303 e. The average molecular weight is 166 g/mol. The zero-order valence-corrected chi connectivity index (χ0v) is 8.21. The van der Waals surface area contributed by atoms with Gasteiger partial charge < -0.3 is 4.79 Å². The molecule has 1 aliphatic rings. The molecule has 1 heteroatoms. The Labute approximate surface area is 74.9 Å². The molecule has 0 saturated heterocycles. The van der Waals surface area contributed by atoms with E-state index in [0.29, 0.717) is 17.8 Å². The molecule has 1 rings (SSSR count). The molecule has 0 aromatic heterocycles. The van der Waals surface area contributed by atoms with Crippen LogP contribution >= 0.6 is 0 Å². The first-order valence-electron chi connectivity index (χ1n) is 4.77. The van der Waals surface area contributed by atoms with Gasteiger partial charge in [0.1, 0.15) is 6.29 Å². The zero-order valence-electron chi connectivity index (χ0n) is 8.21. The lowest BCUT2D eigenvalue weighted by Gasteiger charge is -2.32. The monoisotopic (exact) mass is 166 g/mol. The number of carbonyl (C=O) groups excluding carboxylic acids is 1. The average Bonchev–Trinajstić information content (AvgIpc) is 2.06. The van der Waals surface area contributed by atoms with E-state index in [1.54, 1.807) is 0 Å². The maximum atomic E-state index is 10.5. The third-order valence-corrected chi connectivity index (χ3v) is 3.27. The van der Waals surface area contributed by atoms with Crippen LogP contribution < -0.4 is 0 Å². The fraction of sp³-hybridized carbons (Fsp3) is 0.727. The lowest BCUT2D eigenvalue weighted by Crippen LogP contribution is -2.24. The summed E-state index contributed by atoms with van der Waals surface area (Å²) in [6.45, 7) is 6.65. The molecule has 3 unspecified atom stereocenters.